The van der Waals surface area contributed by atoms with E-state index in [-0.39, 0.29) is 12.6 Å². The maximum absolute atomic E-state index is 12.7. The van der Waals surface area contributed by atoms with Crippen molar-refractivity contribution in [3.8, 4) is 11.5 Å². The number of allylic oxidation sites excluding steroid dienone is 1. The van der Waals surface area contributed by atoms with E-state index >= 15 is 0 Å². The zero-order chi connectivity index (χ0) is 18.4. The third-order valence-corrected chi connectivity index (χ3v) is 5.36. The van der Waals surface area contributed by atoms with E-state index in [0.29, 0.717) is 28.4 Å². The number of fused-ring (bicyclic) bond motifs is 3. The summed E-state index contributed by atoms with van der Waals surface area (Å²) >= 11 is 1.41. The Hall–Kier alpha value is -3.32. The predicted molar refractivity (Wildman–Crippen MR) is 102 cm³/mol. The molecule has 27 heavy (non-hydrogen) atoms. The van der Waals surface area contributed by atoms with E-state index in [2.05, 4.69) is 11.6 Å². The lowest BCUT2D eigenvalue weighted by Gasteiger charge is -2.02. The third kappa shape index (κ3) is 2.63. The molecule has 0 atom stereocenters. The van der Waals surface area contributed by atoms with Crippen LogP contribution in [-0.2, 0) is 6.54 Å². The van der Waals surface area contributed by atoms with Gasteiger partial charge in [-0.05, 0) is 12.1 Å². The molecule has 2 aromatic heterocycles. The molecule has 6 nitrogen and oxygen atoms in total. The van der Waals surface area contributed by atoms with Crippen LogP contribution in [0.1, 0.15) is 10.6 Å². The van der Waals surface area contributed by atoms with Crippen molar-refractivity contribution in [2.45, 2.75) is 6.54 Å². The summed E-state index contributed by atoms with van der Waals surface area (Å²) in [6, 6.07) is 13.0. The van der Waals surface area contributed by atoms with Crippen molar-refractivity contribution < 1.29 is 18.7 Å². The molecule has 4 aromatic rings. The van der Waals surface area contributed by atoms with Crippen molar-refractivity contribution in [1.82, 2.24) is 4.57 Å². The second kappa shape index (κ2) is 6.14. The number of para-hydroxylation sites is 1. The number of carbonyl (C=O) groups excluding carboxylic acids is 1. The van der Waals surface area contributed by atoms with Crippen LogP contribution in [0.15, 0.2) is 64.5 Å². The molecule has 1 aliphatic rings. The number of hydrogen-bond acceptors (Lipinski definition) is 5. The number of aromatic nitrogens is 1. The van der Waals surface area contributed by atoms with Gasteiger partial charge in [-0.25, -0.2) is 0 Å². The number of nitrogens with zero attached hydrogens (tertiary/aromatic N) is 2. The summed E-state index contributed by atoms with van der Waals surface area (Å²) < 4.78 is 19.4. The van der Waals surface area contributed by atoms with Crippen molar-refractivity contribution in [2.24, 2.45) is 4.99 Å². The van der Waals surface area contributed by atoms with Gasteiger partial charge in [0.2, 0.25) is 6.79 Å². The van der Waals surface area contributed by atoms with Crippen LogP contribution in [0.2, 0.25) is 0 Å². The molecule has 0 radical (unpaired) electrons. The molecule has 0 N–H and O–H groups in total. The van der Waals surface area contributed by atoms with Crippen molar-refractivity contribution in [2.75, 3.05) is 6.79 Å². The van der Waals surface area contributed by atoms with E-state index in [1.165, 1.54) is 11.3 Å². The Morgan fingerprint density at radius 3 is 2.85 bits per heavy atom. The maximum atomic E-state index is 12.7. The van der Waals surface area contributed by atoms with Gasteiger partial charge in [0.1, 0.15) is 5.58 Å². The lowest BCUT2D eigenvalue weighted by atomic mass is 10.2. The van der Waals surface area contributed by atoms with E-state index in [1.54, 1.807) is 12.1 Å². The SMILES string of the molecule is C=CCn1c(=NC(=O)c2cc3ccccc3o2)sc2cc3c(cc21)OCO3. The number of carbonyl (C=O) groups is 1. The van der Waals surface area contributed by atoms with Crippen molar-refractivity contribution in [3.05, 3.63) is 65.7 Å². The van der Waals surface area contributed by atoms with Crippen LogP contribution >= 0.6 is 11.3 Å². The first kappa shape index (κ1) is 15.9. The van der Waals surface area contributed by atoms with Crippen molar-refractivity contribution in [1.29, 1.82) is 0 Å². The van der Waals surface area contributed by atoms with Gasteiger partial charge in [0.25, 0.3) is 0 Å². The number of thiazole rings is 1. The number of benzene rings is 2. The highest BCUT2D eigenvalue weighted by Crippen LogP contribution is 2.37. The summed E-state index contributed by atoms with van der Waals surface area (Å²) in [5, 5.41) is 0.872. The van der Waals surface area contributed by atoms with Gasteiger partial charge in [-0.3, -0.25) is 4.79 Å². The molecule has 5 rings (SSSR count). The molecular weight excluding hydrogens is 364 g/mol. The molecule has 0 saturated heterocycles. The molecule has 0 fully saturated rings. The monoisotopic (exact) mass is 378 g/mol. The highest BCUT2D eigenvalue weighted by Gasteiger charge is 2.18. The number of amides is 1. The summed E-state index contributed by atoms with van der Waals surface area (Å²) in [5.41, 5.74) is 1.58. The third-order valence-electron chi connectivity index (χ3n) is 4.32. The quantitative estimate of drug-likeness (QED) is 0.503. The highest BCUT2D eigenvalue weighted by atomic mass is 32.1. The summed E-state index contributed by atoms with van der Waals surface area (Å²) in [7, 11) is 0. The van der Waals surface area contributed by atoms with Crippen molar-refractivity contribution in [3.63, 3.8) is 0 Å². The van der Waals surface area contributed by atoms with Crippen LogP contribution < -0.4 is 14.3 Å². The fraction of sp³-hybridized carbons (Fsp3) is 0.100. The number of rotatable bonds is 3. The molecule has 0 bridgehead atoms. The van der Waals surface area contributed by atoms with E-state index < -0.39 is 5.91 Å². The van der Waals surface area contributed by atoms with E-state index in [1.807, 2.05) is 41.0 Å². The van der Waals surface area contributed by atoms with Gasteiger partial charge in [0.05, 0.1) is 10.2 Å². The summed E-state index contributed by atoms with van der Waals surface area (Å²) in [4.78, 5) is 17.5. The molecule has 134 valence electrons. The highest BCUT2D eigenvalue weighted by molar-refractivity contribution is 7.16. The largest absolute Gasteiger partial charge is 0.454 e. The fourth-order valence-corrected chi connectivity index (χ4v) is 4.13. The fourth-order valence-electron chi connectivity index (χ4n) is 3.08. The normalized spacial score (nSPS) is 13.6. The van der Waals surface area contributed by atoms with Crippen LogP contribution in [-0.4, -0.2) is 17.3 Å². The van der Waals surface area contributed by atoms with Crippen LogP contribution in [0.4, 0.5) is 0 Å². The first-order valence-electron chi connectivity index (χ1n) is 8.34. The van der Waals surface area contributed by atoms with Crippen LogP contribution in [0.25, 0.3) is 21.2 Å². The molecule has 0 spiro atoms. The summed E-state index contributed by atoms with van der Waals surface area (Å²) in [6.45, 7) is 4.54. The molecular formula is C20H14N2O4S. The predicted octanol–water partition coefficient (Wildman–Crippen LogP) is 4.10. The van der Waals surface area contributed by atoms with Gasteiger partial charge >= 0.3 is 5.91 Å². The Balaban J connectivity index is 1.65. The smallest absolute Gasteiger partial charge is 0.315 e. The second-order valence-corrected chi connectivity index (χ2v) is 7.03. The lowest BCUT2D eigenvalue weighted by molar-refractivity contribution is 0.0973. The summed E-state index contributed by atoms with van der Waals surface area (Å²) in [6.07, 6.45) is 1.77. The second-order valence-electron chi connectivity index (χ2n) is 6.02. The first-order valence-corrected chi connectivity index (χ1v) is 9.16. The van der Waals surface area contributed by atoms with E-state index in [4.69, 9.17) is 13.9 Å². The molecule has 0 aliphatic carbocycles. The number of hydrogen-bond donors (Lipinski definition) is 0. The molecule has 1 aliphatic heterocycles. The van der Waals surface area contributed by atoms with Crippen LogP contribution in [0.3, 0.4) is 0 Å². The Morgan fingerprint density at radius 2 is 2.04 bits per heavy atom. The van der Waals surface area contributed by atoms with Crippen LogP contribution in [0, 0.1) is 0 Å². The Bertz CT molecular complexity index is 1250. The average Bonchev–Trinajstić information content (AvgIpc) is 3.37. The molecule has 0 unspecified atom stereocenters. The number of ether oxygens (including phenoxy) is 2. The molecule has 3 heterocycles. The molecule has 2 aromatic carbocycles. The zero-order valence-electron chi connectivity index (χ0n) is 14.2. The van der Waals surface area contributed by atoms with E-state index in [0.717, 1.165) is 15.6 Å². The average molecular weight is 378 g/mol. The van der Waals surface area contributed by atoms with E-state index in [9.17, 15) is 4.79 Å². The number of furan rings is 1. The molecule has 1 amide bonds. The Kier molecular flexibility index (Phi) is 3.61. The van der Waals surface area contributed by atoms with Gasteiger partial charge in [-0.15, -0.1) is 6.58 Å². The first-order chi connectivity index (χ1) is 13.2. The Labute approximate surface area is 157 Å². The van der Waals surface area contributed by atoms with Gasteiger partial charge < -0.3 is 18.5 Å². The molecule has 0 saturated carbocycles. The minimum Gasteiger partial charge on any atom is -0.454 e. The van der Waals surface area contributed by atoms with Gasteiger partial charge in [-0.1, -0.05) is 35.6 Å². The van der Waals surface area contributed by atoms with Gasteiger partial charge in [0, 0.05) is 24.1 Å². The topological polar surface area (TPSA) is 66.0 Å². The van der Waals surface area contributed by atoms with Gasteiger partial charge in [-0.2, -0.15) is 4.99 Å². The molecule has 7 heteroatoms. The lowest BCUT2D eigenvalue weighted by Crippen LogP contribution is -2.16. The summed E-state index contributed by atoms with van der Waals surface area (Å²) in [5.74, 6) is 1.18. The zero-order valence-corrected chi connectivity index (χ0v) is 15.0. The Morgan fingerprint density at radius 1 is 1.22 bits per heavy atom. The van der Waals surface area contributed by atoms with Crippen molar-refractivity contribution >= 4 is 38.4 Å². The van der Waals surface area contributed by atoms with Crippen LogP contribution in [0.5, 0.6) is 11.5 Å². The van der Waals surface area contributed by atoms with Gasteiger partial charge in [0.15, 0.2) is 22.1 Å². The standard InChI is InChI=1S/C20H14N2O4S/c1-2-7-22-13-9-15-16(25-11-24-15)10-18(13)27-20(22)21-19(23)17-8-12-5-3-4-6-14(12)26-17/h2-6,8-10H,1,7,11H2. The maximum Gasteiger partial charge on any atom is 0.315 e. The minimum atomic E-state index is -0.421. The minimum absolute atomic E-state index is 0.216.